The van der Waals surface area contributed by atoms with Gasteiger partial charge in [0, 0.05) is 49.7 Å². The van der Waals surface area contributed by atoms with E-state index in [-0.39, 0.29) is 11.6 Å². The highest BCUT2D eigenvalue weighted by molar-refractivity contribution is 5.97. The van der Waals surface area contributed by atoms with Gasteiger partial charge >= 0.3 is 0 Å². The fourth-order valence-electron chi connectivity index (χ4n) is 4.52. The number of hydrogen-bond donors (Lipinski definition) is 3. The second kappa shape index (κ2) is 10.5. The Labute approximate surface area is 205 Å². The van der Waals surface area contributed by atoms with Crippen LogP contribution in [-0.4, -0.2) is 34.6 Å². The zero-order valence-electron chi connectivity index (χ0n) is 19.7. The van der Waals surface area contributed by atoms with Gasteiger partial charge in [-0.3, -0.25) is 9.59 Å². The molecule has 0 bridgehead atoms. The number of benzene rings is 2. The summed E-state index contributed by atoms with van der Waals surface area (Å²) in [5.74, 6) is 0.168. The van der Waals surface area contributed by atoms with Crippen molar-refractivity contribution in [1.82, 2.24) is 9.97 Å². The van der Waals surface area contributed by atoms with E-state index < -0.39 is 0 Å². The van der Waals surface area contributed by atoms with E-state index in [2.05, 4.69) is 20.2 Å². The molecule has 3 N–H and O–H groups in total. The maximum Gasteiger partial charge on any atom is 0.183 e. The Bertz CT molecular complexity index is 1270. The summed E-state index contributed by atoms with van der Waals surface area (Å²) in [4.78, 5) is 33.5. The smallest absolute Gasteiger partial charge is 0.183 e. The van der Waals surface area contributed by atoms with Gasteiger partial charge in [-0.2, -0.15) is 0 Å². The average Bonchev–Trinajstić information content (AvgIpc) is 3.60. The predicted molar refractivity (Wildman–Crippen MR) is 140 cm³/mol. The number of hydrogen-bond acceptors (Lipinski definition) is 4. The summed E-state index contributed by atoms with van der Waals surface area (Å²) in [6.07, 6.45) is 8.16. The highest BCUT2D eigenvalue weighted by atomic mass is 16.1. The summed E-state index contributed by atoms with van der Waals surface area (Å²) < 4.78 is 0. The Kier molecular flexibility index (Phi) is 6.80. The summed E-state index contributed by atoms with van der Waals surface area (Å²) in [5.41, 5.74) is 6.26. The normalized spacial score (nSPS) is 13.5. The van der Waals surface area contributed by atoms with Gasteiger partial charge in [-0.05, 0) is 72.9 Å². The van der Waals surface area contributed by atoms with Crippen molar-refractivity contribution >= 4 is 28.6 Å². The maximum atomic E-state index is 12.8. The van der Waals surface area contributed by atoms with Crippen molar-refractivity contribution in [2.75, 3.05) is 23.3 Å². The fraction of sp³-hybridized carbons (Fsp3) is 0.241. The zero-order valence-corrected chi connectivity index (χ0v) is 19.7. The van der Waals surface area contributed by atoms with E-state index in [1.54, 1.807) is 12.3 Å². The molecule has 0 saturated carbocycles. The number of ketones is 2. The first kappa shape index (κ1) is 22.7. The third-order valence-corrected chi connectivity index (χ3v) is 6.51. The van der Waals surface area contributed by atoms with Crippen LogP contribution in [0.1, 0.15) is 51.4 Å². The summed E-state index contributed by atoms with van der Waals surface area (Å²) in [6.45, 7) is 2.13. The summed E-state index contributed by atoms with van der Waals surface area (Å²) in [7, 11) is 0. The van der Waals surface area contributed by atoms with Crippen molar-refractivity contribution in [3.05, 3.63) is 102 Å². The lowest BCUT2D eigenvalue weighted by Gasteiger charge is -2.27. The Balaban J connectivity index is 1.14. The Morgan fingerprint density at radius 2 is 1.34 bits per heavy atom. The molecule has 1 aliphatic heterocycles. The lowest BCUT2D eigenvalue weighted by molar-refractivity contribution is 0.0980. The molecule has 6 nitrogen and oxygen atoms in total. The lowest BCUT2D eigenvalue weighted by atomic mass is 10.1. The highest BCUT2D eigenvalue weighted by Crippen LogP contribution is 2.22. The number of anilines is 3. The molecular weight excluding hydrogens is 436 g/mol. The Morgan fingerprint density at radius 3 is 1.91 bits per heavy atom. The monoisotopic (exact) mass is 466 g/mol. The number of nitrogens with one attached hydrogen (secondary N) is 3. The molecule has 4 aromatic rings. The van der Waals surface area contributed by atoms with Crippen LogP contribution in [0.25, 0.3) is 0 Å². The number of carbonyl (C=O) groups excluding carboxylic acids is 2. The highest BCUT2D eigenvalue weighted by Gasteiger charge is 2.15. The SMILES string of the molecule is O=C(Cc1ccc(Nc2ccc(CC(=O)c3cc(N4CCCCC4)c[nH]3)cc2)cc1)c1ccc[nH]1. The predicted octanol–water partition coefficient (Wildman–Crippen LogP) is 5.93. The Hall–Kier alpha value is -4.06. The third-order valence-electron chi connectivity index (χ3n) is 6.51. The van der Waals surface area contributed by atoms with Crippen LogP contribution < -0.4 is 10.2 Å². The third kappa shape index (κ3) is 5.72. The molecule has 5 rings (SSSR count). The standard InChI is InChI=1S/C29H30N4O2/c34-28(26-5-4-14-30-26)17-21-6-10-23(11-7-21)32-24-12-8-22(9-13-24)18-29(35)27-19-25(20-31-27)33-15-2-1-3-16-33/h4-14,19-20,30-32H,1-3,15-18H2. The summed E-state index contributed by atoms with van der Waals surface area (Å²) >= 11 is 0. The lowest BCUT2D eigenvalue weighted by Crippen LogP contribution is -2.28. The molecular formula is C29H30N4O2. The van der Waals surface area contributed by atoms with E-state index >= 15 is 0 Å². The number of rotatable bonds is 9. The quantitative estimate of drug-likeness (QED) is 0.267. The van der Waals surface area contributed by atoms with Crippen LogP contribution in [0.4, 0.5) is 17.1 Å². The van der Waals surface area contributed by atoms with Crippen molar-refractivity contribution in [3.63, 3.8) is 0 Å². The van der Waals surface area contributed by atoms with Crippen LogP contribution in [0.5, 0.6) is 0 Å². The first-order chi connectivity index (χ1) is 17.1. The molecule has 1 aliphatic rings. The van der Waals surface area contributed by atoms with Gasteiger partial charge in [0.05, 0.1) is 17.1 Å². The topological polar surface area (TPSA) is 81.0 Å². The number of aromatic amines is 2. The van der Waals surface area contributed by atoms with E-state index in [0.29, 0.717) is 24.2 Å². The largest absolute Gasteiger partial charge is 0.370 e. The molecule has 6 heteroatoms. The number of piperidine rings is 1. The molecule has 0 radical (unpaired) electrons. The van der Waals surface area contributed by atoms with Crippen molar-refractivity contribution in [1.29, 1.82) is 0 Å². The van der Waals surface area contributed by atoms with Gasteiger partial charge in [0.2, 0.25) is 0 Å². The first-order valence-electron chi connectivity index (χ1n) is 12.2. The second-order valence-corrected chi connectivity index (χ2v) is 9.12. The molecule has 2 aromatic carbocycles. The second-order valence-electron chi connectivity index (χ2n) is 9.12. The minimum atomic E-state index is 0.0721. The minimum absolute atomic E-state index is 0.0721. The molecule has 0 aliphatic carbocycles. The van der Waals surface area contributed by atoms with Gasteiger partial charge in [0.15, 0.2) is 11.6 Å². The van der Waals surface area contributed by atoms with Gasteiger partial charge in [-0.1, -0.05) is 24.3 Å². The van der Waals surface area contributed by atoms with Crippen LogP contribution in [0.15, 0.2) is 79.1 Å². The molecule has 0 spiro atoms. The molecule has 2 aromatic heterocycles. The number of Topliss-reactive ketones (excluding diaryl/α,β-unsaturated/α-hetero) is 2. The van der Waals surface area contributed by atoms with Crippen LogP contribution in [0.2, 0.25) is 0 Å². The first-order valence-corrected chi connectivity index (χ1v) is 12.2. The molecule has 0 unspecified atom stereocenters. The van der Waals surface area contributed by atoms with Gasteiger partial charge in [0.25, 0.3) is 0 Å². The van der Waals surface area contributed by atoms with Crippen molar-refractivity contribution in [2.24, 2.45) is 0 Å². The summed E-state index contributed by atoms with van der Waals surface area (Å²) in [6, 6.07) is 21.4. The van der Waals surface area contributed by atoms with E-state index in [1.165, 1.54) is 19.3 Å². The number of aromatic nitrogens is 2. The molecule has 0 atom stereocenters. The van der Waals surface area contributed by atoms with E-state index in [0.717, 1.165) is 41.3 Å². The van der Waals surface area contributed by atoms with E-state index in [4.69, 9.17) is 0 Å². The number of H-pyrrole nitrogens is 2. The van der Waals surface area contributed by atoms with Crippen molar-refractivity contribution in [3.8, 4) is 0 Å². The number of nitrogens with zero attached hydrogens (tertiary/aromatic N) is 1. The van der Waals surface area contributed by atoms with Crippen LogP contribution >= 0.6 is 0 Å². The van der Waals surface area contributed by atoms with Gasteiger partial charge < -0.3 is 20.2 Å². The fourth-order valence-corrected chi connectivity index (χ4v) is 4.52. The Morgan fingerprint density at radius 1 is 0.743 bits per heavy atom. The molecule has 1 fully saturated rings. The van der Waals surface area contributed by atoms with Crippen LogP contribution in [0, 0.1) is 0 Å². The van der Waals surface area contributed by atoms with Crippen LogP contribution in [0.3, 0.4) is 0 Å². The minimum Gasteiger partial charge on any atom is -0.370 e. The molecule has 35 heavy (non-hydrogen) atoms. The van der Waals surface area contributed by atoms with Gasteiger partial charge in [-0.25, -0.2) is 0 Å². The number of carbonyl (C=O) groups is 2. The van der Waals surface area contributed by atoms with E-state index in [9.17, 15) is 9.59 Å². The molecule has 1 saturated heterocycles. The molecule has 178 valence electrons. The van der Waals surface area contributed by atoms with Crippen molar-refractivity contribution < 1.29 is 9.59 Å². The summed E-state index contributed by atoms with van der Waals surface area (Å²) in [5, 5.41) is 3.38. The molecule has 3 heterocycles. The maximum absolute atomic E-state index is 12.8. The average molecular weight is 467 g/mol. The van der Waals surface area contributed by atoms with Gasteiger partial charge in [0.1, 0.15) is 0 Å². The molecule has 0 amide bonds. The van der Waals surface area contributed by atoms with Crippen LogP contribution in [-0.2, 0) is 12.8 Å². The van der Waals surface area contributed by atoms with E-state index in [1.807, 2.05) is 66.9 Å². The zero-order chi connectivity index (χ0) is 24.0. The van der Waals surface area contributed by atoms with Crippen molar-refractivity contribution in [2.45, 2.75) is 32.1 Å². The van der Waals surface area contributed by atoms with Gasteiger partial charge in [-0.15, -0.1) is 0 Å².